The van der Waals surface area contributed by atoms with Gasteiger partial charge in [0.05, 0.1) is 37.1 Å². The number of hydrogen-bond donors (Lipinski definition) is 4. The highest BCUT2D eigenvalue weighted by atomic mass is 32.2. The molecule has 1 heterocycles. The molecular weight excluding hydrogens is 608 g/mol. The molecule has 2 aromatic rings. The van der Waals surface area contributed by atoms with Crippen LogP contribution in [0.4, 0.5) is 4.79 Å². The Morgan fingerprint density at radius 1 is 1.18 bits per heavy atom. The lowest BCUT2D eigenvalue weighted by Crippen LogP contribution is -2.52. The molecular formula is C29H38N6O9S. The van der Waals surface area contributed by atoms with E-state index >= 15 is 0 Å². The maximum atomic E-state index is 13.7. The quantitative estimate of drug-likeness (QED) is 0.122. The van der Waals surface area contributed by atoms with Crippen LogP contribution in [0.3, 0.4) is 0 Å². The van der Waals surface area contributed by atoms with Crippen LogP contribution in [0.25, 0.3) is 10.8 Å². The van der Waals surface area contributed by atoms with Crippen molar-refractivity contribution in [3.05, 3.63) is 42.5 Å². The molecule has 2 aromatic carbocycles. The summed E-state index contributed by atoms with van der Waals surface area (Å²) in [6, 6.07) is 10.1. The highest BCUT2D eigenvalue weighted by molar-refractivity contribution is 7.89. The van der Waals surface area contributed by atoms with Gasteiger partial charge in [-0.15, -0.1) is 0 Å². The van der Waals surface area contributed by atoms with Crippen LogP contribution in [-0.2, 0) is 33.9 Å². The third-order valence-corrected chi connectivity index (χ3v) is 8.67. The molecule has 3 amide bonds. The molecule has 244 valence electrons. The van der Waals surface area contributed by atoms with Crippen LogP contribution in [0.2, 0.25) is 0 Å². The summed E-state index contributed by atoms with van der Waals surface area (Å²) in [6.07, 6.45) is 0.795. The van der Waals surface area contributed by atoms with Crippen LogP contribution in [0.1, 0.15) is 32.6 Å². The topological polar surface area (TPSA) is 196 Å². The molecule has 1 saturated heterocycles. The number of fused-ring (bicyclic) bond motifs is 1. The fraction of sp³-hybridized carbons (Fsp3) is 0.483. The van der Waals surface area contributed by atoms with Gasteiger partial charge in [-0.05, 0) is 42.7 Å². The number of nitrogens with zero attached hydrogens (tertiary/aromatic N) is 3. The van der Waals surface area contributed by atoms with E-state index in [1.165, 1.54) is 23.4 Å². The number of rotatable bonds is 15. The van der Waals surface area contributed by atoms with Gasteiger partial charge in [-0.1, -0.05) is 30.3 Å². The minimum atomic E-state index is -4.25. The average Bonchev–Trinajstić information content (AvgIpc) is 3.85. The Hall–Kier alpha value is -4.28. The number of sulfonamides is 1. The highest BCUT2D eigenvalue weighted by Gasteiger charge is 2.38. The zero-order valence-corrected chi connectivity index (χ0v) is 25.7. The van der Waals surface area contributed by atoms with Gasteiger partial charge < -0.3 is 29.7 Å². The molecule has 0 aromatic heterocycles. The van der Waals surface area contributed by atoms with Crippen LogP contribution in [0, 0.1) is 0 Å². The summed E-state index contributed by atoms with van der Waals surface area (Å²) in [5, 5.41) is 17.3. The molecule has 0 radical (unpaired) electrons. The Kier molecular flexibility index (Phi) is 11.7. The Bertz CT molecular complexity index is 1510. The van der Waals surface area contributed by atoms with Gasteiger partial charge in [0.25, 0.3) is 0 Å². The second-order valence-corrected chi connectivity index (χ2v) is 12.4. The fourth-order valence-corrected chi connectivity index (χ4v) is 6.05. The minimum absolute atomic E-state index is 0.0676. The van der Waals surface area contributed by atoms with E-state index in [1.54, 1.807) is 30.0 Å². The third kappa shape index (κ3) is 10.1. The van der Waals surface area contributed by atoms with Gasteiger partial charge in [-0.2, -0.15) is 9.82 Å². The normalized spacial score (nSPS) is 17.5. The summed E-state index contributed by atoms with van der Waals surface area (Å²) in [7, 11) is -4.25. The first kappa shape index (κ1) is 33.6. The van der Waals surface area contributed by atoms with Gasteiger partial charge >= 0.3 is 12.1 Å². The number of amides is 3. The van der Waals surface area contributed by atoms with E-state index in [-0.39, 0.29) is 37.1 Å². The molecule has 2 aliphatic rings. The first-order valence-electron chi connectivity index (χ1n) is 14.7. The van der Waals surface area contributed by atoms with Gasteiger partial charge in [-0.25, -0.2) is 18.6 Å². The zero-order chi connectivity index (χ0) is 32.4. The number of nitrogens with one attached hydrogen (secondary N) is 3. The number of morpholine rings is 1. The van der Waals surface area contributed by atoms with E-state index < -0.39 is 52.5 Å². The van der Waals surface area contributed by atoms with Crippen LogP contribution in [0.5, 0.6) is 0 Å². The average molecular weight is 647 g/mol. The SMILES string of the molecule is CCOC(=O)NN=CN1CCO[C@@H](CNC(=O)CC(NS(=O)(=O)c2ccc3ccccc3c2)C(=O)N(CCC(=O)O)C2CC2)C1. The van der Waals surface area contributed by atoms with Crippen molar-refractivity contribution in [2.75, 3.05) is 39.4 Å². The van der Waals surface area contributed by atoms with Crippen molar-refractivity contribution in [1.29, 1.82) is 0 Å². The van der Waals surface area contributed by atoms with Gasteiger partial charge in [0.1, 0.15) is 12.4 Å². The Labute approximate surface area is 260 Å². The molecule has 1 aliphatic carbocycles. The van der Waals surface area contributed by atoms with Crippen molar-refractivity contribution < 1.29 is 42.2 Å². The number of hydrazone groups is 1. The van der Waals surface area contributed by atoms with Gasteiger partial charge in [0.15, 0.2) is 0 Å². The van der Waals surface area contributed by atoms with Crippen LogP contribution >= 0.6 is 0 Å². The Morgan fingerprint density at radius 2 is 1.93 bits per heavy atom. The van der Waals surface area contributed by atoms with Gasteiger partial charge in [-0.3, -0.25) is 14.4 Å². The lowest BCUT2D eigenvalue weighted by Gasteiger charge is -2.31. The first-order chi connectivity index (χ1) is 21.6. The Morgan fingerprint density at radius 3 is 2.64 bits per heavy atom. The molecule has 0 bridgehead atoms. The molecule has 2 atom stereocenters. The zero-order valence-electron chi connectivity index (χ0n) is 24.9. The minimum Gasteiger partial charge on any atom is -0.481 e. The largest absolute Gasteiger partial charge is 0.481 e. The lowest BCUT2D eigenvalue weighted by molar-refractivity contribution is -0.140. The van der Waals surface area contributed by atoms with E-state index in [4.69, 9.17) is 9.47 Å². The molecule has 15 nitrogen and oxygen atoms in total. The van der Waals surface area contributed by atoms with Crippen LogP contribution < -0.4 is 15.5 Å². The number of carboxylic acids is 1. The monoisotopic (exact) mass is 646 g/mol. The van der Waals surface area contributed by atoms with E-state index in [0.717, 1.165) is 5.39 Å². The molecule has 4 N–H and O–H groups in total. The fourth-order valence-electron chi connectivity index (χ4n) is 4.83. The van der Waals surface area contributed by atoms with E-state index in [1.807, 2.05) is 12.1 Å². The molecule has 1 aliphatic heterocycles. The van der Waals surface area contributed by atoms with Crippen molar-refractivity contribution in [3.63, 3.8) is 0 Å². The number of benzene rings is 2. The molecule has 16 heteroatoms. The lowest BCUT2D eigenvalue weighted by atomic mass is 10.1. The summed E-state index contributed by atoms with van der Waals surface area (Å²) in [5.74, 6) is -2.35. The number of hydrogen-bond acceptors (Lipinski definition) is 9. The summed E-state index contributed by atoms with van der Waals surface area (Å²) >= 11 is 0. The number of carbonyl (C=O) groups excluding carboxylic acids is 3. The maximum absolute atomic E-state index is 13.7. The number of carbonyl (C=O) groups is 4. The molecule has 2 fully saturated rings. The number of aliphatic carboxylic acids is 1. The number of carboxylic acid groups (broad SMARTS) is 1. The molecule has 1 unspecified atom stereocenters. The van der Waals surface area contributed by atoms with Crippen molar-refractivity contribution in [2.24, 2.45) is 5.10 Å². The van der Waals surface area contributed by atoms with Crippen LogP contribution in [-0.4, -0.2) is 111 Å². The first-order valence-corrected chi connectivity index (χ1v) is 16.2. The van der Waals surface area contributed by atoms with Gasteiger partial charge in [0, 0.05) is 32.2 Å². The summed E-state index contributed by atoms with van der Waals surface area (Å²) in [4.78, 5) is 52.5. The molecule has 45 heavy (non-hydrogen) atoms. The van der Waals surface area contributed by atoms with Crippen LogP contribution in [0.15, 0.2) is 52.5 Å². The summed E-state index contributed by atoms with van der Waals surface area (Å²) < 4.78 is 39.8. The smallest absolute Gasteiger partial charge is 0.427 e. The predicted molar refractivity (Wildman–Crippen MR) is 163 cm³/mol. The third-order valence-electron chi connectivity index (χ3n) is 7.20. The maximum Gasteiger partial charge on any atom is 0.427 e. The second kappa shape index (κ2) is 15.6. The summed E-state index contributed by atoms with van der Waals surface area (Å²) in [6.45, 7) is 3.02. The summed E-state index contributed by atoms with van der Waals surface area (Å²) in [5.41, 5.74) is 2.24. The second-order valence-electron chi connectivity index (χ2n) is 10.7. The van der Waals surface area contributed by atoms with Crippen molar-refractivity contribution in [1.82, 2.24) is 25.3 Å². The van der Waals surface area contributed by atoms with E-state index in [2.05, 4.69) is 20.6 Å². The van der Waals surface area contributed by atoms with Crippen molar-refractivity contribution in [2.45, 2.75) is 55.7 Å². The van der Waals surface area contributed by atoms with Crippen molar-refractivity contribution in [3.8, 4) is 0 Å². The van der Waals surface area contributed by atoms with E-state index in [9.17, 15) is 32.7 Å². The molecule has 0 spiro atoms. The van der Waals surface area contributed by atoms with Gasteiger partial charge in [0.2, 0.25) is 21.8 Å². The number of ether oxygens (including phenoxy) is 2. The highest BCUT2D eigenvalue weighted by Crippen LogP contribution is 2.28. The molecule has 4 rings (SSSR count). The van der Waals surface area contributed by atoms with Crippen molar-refractivity contribution >= 4 is 51.0 Å². The Balaban J connectivity index is 1.43. The standard InChI is InChI=1S/C29H38N6O9S/c1-2-43-29(40)32-31-19-34-13-14-44-23(18-34)17-30-26(36)16-25(28(39)35(22-8-9-22)12-11-27(37)38)33-45(41,42)24-10-7-20-5-3-4-6-21(20)15-24/h3-7,10,15,19,22-23,25,33H,2,8-9,11-14,16-18H2,1H3,(H,30,36)(H,32,40)(H,37,38)/t23-,25?/m0/s1. The molecule has 1 saturated carbocycles. The van der Waals surface area contributed by atoms with E-state index in [0.29, 0.717) is 37.9 Å². The predicted octanol–water partition coefficient (Wildman–Crippen LogP) is 0.849.